The van der Waals surface area contributed by atoms with Crippen LogP contribution in [0.4, 0.5) is 0 Å². The van der Waals surface area contributed by atoms with Crippen molar-refractivity contribution in [2.24, 2.45) is 7.05 Å². The molecular weight excluding hydrogens is 242 g/mol. The van der Waals surface area contributed by atoms with E-state index in [9.17, 15) is 0 Å². The van der Waals surface area contributed by atoms with Gasteiger partial charge in [-0.2, -0.15) is 5.10 Å². The molecule has 1 aliphatic carbocycles. The third-order valence-electron chi connectivity index (χ3n) is 4.11. The first-order chi connectivity index (χ1) is 9.08. The Labute approximate surface area is 115 Å². The van der Waals surface area contributed by atoms with Gasteiger partial charge >= 0.3 is 0 Å². The molecule has 0 aromatic carbocycles. The summed E-state index contributed by atoms with van der Waals surface area (Å²) in [6.45, 7) is 7.03. The molecule has 4 atom stereocenters. The van der Waals surface area contributed by atoms with Crippen molar-refractivity contribution in [3.05, 3.63) is 17.5 Å². The van der Waals surface area contributed by atoms with Gasteiger partial charge in [0.15, 0.2) is 0 Å². The summed E-state index contributed by atoms with van der Waals surface area (Å²) in [7, 11) is 3.72. The molecule has 1 fully saturated rings. The van der Waals surface area contributed by atoms with Crippen LogP contribution in [0.2, 0.25) is 0 Å². The van der Waals surface area contributed by atoms with E-state index in [2.05, 4.69) is 24.3 Å². The quantitative estimate of drug-likeness (QED) is 0.850. The number of hydrogen-bond acceptors (Lipinski definition) is 4. The van der Waals surface area contributed by atoms with Crippen LogP contribution < -0.4 is 5.32 Å². The Morgan fingerprint density at radius 3 is 2.84 bits per heavy atom. The summed E-state index contributed by atoms with van der Waals surface area (Å²) in [4.78, 5) is 0. The number of ether oxygens (including phenoxy) is 2. The Morgan fingerprint density at radius 1 is 1.58 bits per heavy atom. The van der Waals surface area contributed by atoms with E-state index >= 15 is 0 Å². The Kier molecular flexibility index (Phi) is 4.60. The lowest BCUT2D eigenvalue weighted by Gasteiger charge is -2.44. The third kappa shape index (κ3) is 2.83. The van der Waals surface area contributed by atoms with Gasteiger partial charge in [0.05, 0.1) is 18.4 Å². The smallest absolute Gasteiger partial charge is 0.0987 e. The molecule has 0 aliphatic heterocycles. The Morgan fingerprint density at radius 2 is 2.32 bits per heavy atom. The number of aryl methyl sites for hydroxylation is 1. The van der Waals surface area contributed by atoms with Crippen molar-refractivity contribution in [1.29, 1.82) is 0 Å². The highest BCUT2D eigenvalue weighted by Crippen LogP contribution is 2.29. The summed E-state index contributed by atoms with van der Waals surface area (Å²) in [6.07, 6.45) is 3.33. The minimum atomic E-state index is 0.152. The predicted molar refractivity (Wildman–Crippen MR) is 74.1 cm³/mol. The van der Waals surface area contributed by atoms with Gasteiger partial charge in [0.2, 0.25) is 0 Å². The first kappa shape index (κ1) is 14.5. The minimum absolute atomic E-state index is 0.152. The predicted octanol–water partition coefficient (Wildman–Crippen LogP) is 1.57. The molecule has 1 aliphatic rings. The SMILES string of the molecule is CCOC1CC(NC(C)c2cnn(C)c2C)C1OC. The molecule has 0 spiro atoms. The van der Waals surface area contributed by atoms with E-state index in [4.69, 9.17) is 9.47 Å². The first-order valence-corrected chi connectivity index (χ1v) is 6.97. The van der Waals surface area contributed by atoms with E-state index in [1.807, 2.05) is 24.9 Å². The molecule has 19 heavy (non-hydrogen) atoms. The van der Waals surface area contributed by atoms with Gasteiger partial charge in [-0.3, -0.25) is 4.68 Å². The lowest BCUT2D eigenvalue weighted by molar-refractivity contribution is -0.133. The molecule has 0 bridgehead atoms. The van der Waals surface area contributed by atoms with E-state index in [0.29, 0.717) is 6.04 Å². The van der Waals surface area contributed by atoms with Crippen LogP contribution >= 0.6 is 0 Å². The molecule has 0 amide bonds. The molecule has 5 heteroatoms. The molecule has 1 N–H and O–H groups in total. The fourth-order valence-electron chi connectivity index (χ4n) is 2.79. The van der Waals surface area contributed by atoms with Crippen LogP contribution in [0.15, 0.2) is 6.20 Å². The molecule has 1 heterocycles. The highest BCUT2D eigenvalue weighted by molar-refractivity contribution is 5.20. The van der Waals surface area contributed by atoms with Crippen molar-refractivity contribution in [3.63, 3.8) is 0 Å². The molecule has 2 rings (SSSR count). The molecule has 0 radical (unpaired) electrons. The van der Waals surface area contributed by atoms with Crippen molar-refractivity contribution in [3.8, 4) is 0 Å². The average Bonchev–Trinajstić information content (AvgIpc) is 2.69. The van der Waals surface area contributed by atoms with Gasteiger partial charge in [0, 0.05) is 44.1 Å². The summed E-state index contributed by atoms with van der Waals surface area (Å²) in [5.41, 5.74) is 2.45. The number of aromatic nitrogens is 2. The molecule has 5 nitrogen and oxygen atoms in total. The zero-order chi connectivity index (χ0) is 14.0. The second-order valence-electron chi connectivity index (χ2n) is 5.23. The number of methoxy groups -OCH3 is 1. The largest absolute Gasteiger partial charge is 0.377 e. The van der Waals surface area contributed by atoms with Crippen molar-refractivity contribution in [2.45, 2.75) is 51.5 Å². The number of hydrogen-bond donors (Lipinski definition) is 1. The van der Waals surface area contributed by atoms with E-state index in [0.717, 1.165) is 13.0 Å². The van der Waals surface area contributed by atoms with Crippen molar-refractivity contribution >= 4 is 0 Å². The van der Waals surface area contributed by atoms with Crippen LogP contribution in [0.1, 0.15) is 37.6 Å². The second-order valence-corrected chi connectivity index (χ2v) is 5.23. The Bertz CT molecular complexity index is 419. The van der Waals surface area contributed by atoms with Gasteiger partial charge in [-0.15, -0.1) is 0 Å². The van der Waals surface area contributed by atoms with Crippen LogP contribution in [0.3, 0.4) is 0 Å². The minimum Gasteiger partial charge on any atom is -0.377 e. The Hall–Kier alpha value is -0.910. The standard InChI is InChI=1S/C14H25N3O2/c1-6-19-13-7-12(14(13)18-5)16-9(2)11-8-15-17(4)10(11)3/h8-9,12-14,16H,6-7H2,1-5H3. The van der Waals surface area contributed by atoms with E-state index in [1.165, 1.54) is 11.3 Å². The Balaban J connectivity index is 1.93. The first-order valence-electron chi connectivity index (χ1n) is 6.97. The van der Waals surface area contributed by atoms with Gasteiger partial charge < -0.3 is 14.8 Å². The molecule has 1 saturated carbocycles. The maximum atomic E-state index is 5.65. The molecular formula is C14H25N3O2. The summed E-state index contributed by atoms with van der Waals surface area (Å²) in [5, 5.41) is 7.91. The van der Waals surface area contributed by atoms with Crippen molar-refractivity contribution < 1.29 is 9.47 Å². The summed E-state index contributed by atoms with van der Waals surface area (Å²) < 4.78 is 13.1. The molecule has 108 valence electrons. The van der Waals surface area contributed by atoms with Crippen LogP contribution in [0.25, 0.3) is 0 Å². The lowest BCUT2D eigenvalue weighted by Crippen LogP contribution is -2.60. The normalized spacial score (nSPS) is 28.2. The highest BCUT2D eigenvalue weighted by atomic mass is 16.5. The zero-order valence-corrected chi connectivity index (χ0v) is 12.5. The molecule has 1 aromatic rings. The van der Waals surface area contributed by atoms with Gasteiger partial charge in [0.1, 0.15) is 0 Å². The molecule has 4 unspecified atom stereocenters. The van der Waals surface area contributed by atoms with Gasteiger partial charge in [-0.1, -0.05) is 0 Å². The number of rotatable bonds is 6. The highest BCUT2D eigenvalue weighted by Gasteiger charge is 2.42. The topological polar surface area (TPSA) is 48.3 Å². The zero-order valence-electron chi connectivity index (χ0n) is 12.5. The number of nitrogens with zero attached hydrogens (tertiary/aromatic N) is 2. The van der Waals surface area contributed by atoms with Crippen LogP contribution in [-0.4, -0.2) is 41.7 Å². The fraction of sp³-hybridized carbons (Fsp3) is 0.786. The van der Waals surface area contributed by atoms with Gasteiger partial charge in [0.25, 0.3) is 0 Å². The summed E-state index contributed by atoms with van der Waals surface area (Å²) >= 11 is 0. The number of nitrogens with one attached hydrogen (secondary N) is 1. The average molecular weight is 267 g/mol. The van der Waals surface area contributed by atoms with E-state index in [-0.39, 0.29) is 18.2 Å². The van der Waals surface area contributed by atoms with Crippen molar-refractivity contribution in [1.82, 2.24) is 15.1 Å². The van der Waals surface area contributed by atoms with Crippen LogP contribution in [-0.2, 0) is 16.5 Å². The van der Waals surface area contributed by atoms with E-state index in [1.54, 1.807) is 7.11 Å². The van der Waals surface area contributed by atoms with Crippen LogP contribution in [0.5, 0.6) is 0 Å². The summed E-state index contributed by atoms with van der Waals surface area (Å²) in [5.74, 6) is 0. The lowest BCUT2D eigenvalue weighted by atomic mass is 9.84. The van der Waals surface area contributed by atoms with Crippen molar-refractivity contribution in [2.75, 3.05) is 13.7 Å². The molecule has 1 aromatic heterocycles. The maximum Gasteiger partial charge on any atom is 0.0987 e. The third-order valence-corrected chi connectivity index (χ3v) is 4.11. The summed E-state index contributed by atoms with van der Waals surface area (Å²) in [6, 6.07) is 0.634. The maximum absolute atomic E-state index is 5.65. The van der Waals surface area contributed by atoms with Crippen LogP contribution in [0, 0.1) is 6.92 Å². The van der Waals surface area contributed by atoms with Gasteiger partial charge in [-0.25, -0.2) is 0 Å². The second kappa shape index (κ2) is 6.03. The fourth-order valence-corrected chi connectivity index (χ4v) is 2.79. The van der Waals surface area contributed by atoms with E-state index < -0.39 is 0 Å². The monoisotopic (exact) mass is 267 g/mol. The van der Waals surface area contributed by atoms with Gasteiger partial charge in [-0.05, 0) is 27.2 Å². The molecule has 0 saturated heterocycles.